The van der Waals surface area contributed by atoms with Gasteiger partial charge in [0, 0.05) is 18.0 Å². The van der Waals surface area contributed by atoms with Crippen LogP contribution in [0.4, 0.5) is 13.2 Å². The second-order valence-electron chi connectivity index (χ2n) is 6.92. The quantitative estimate of drug-likeness (QED) is 0.727. The molecule has 0 radical (unpaired) electrons. The van der Waals surface area contributed by atoms with Crippen molar-refractivity contribution in [3.8, 4) is 11.4 Å². The van der Waals surface area contributed by atoms with Gasteiger partial charge in [-0.3, -0.25) is 10.00 Å². The first kappa shape index (κ1) is 18.6. The molecule has 1 N–H and O–H groups in total. The average molecular weight is 392 g/mol. The average Bonchev–Trinajstić information content (AvgIpc) is 3.39. The first-order valence-electron chi connectivity index (χ1n) is 9.02. The summed E-state index contributed by atoms with van der Waals surface area (Å²) in [6.45, 7) is 3.58. The van der Waals surface area contributed by atoms with E-state index in [4.69, 9.17) is 4.52 Å². The van der Waals surface area contributed by atoms with Gasteiger partial charge in [-0.2, -0.15) is 23.3 Å². The Labute approximate surface area is 159 Å². The number of aromatic amines is 1. The van der Waals surface area contributed by atoms with Crippen molar-refractivity contribution in [1.82, 2.24) is 30.2 Å². The molecule has 10 heteroatoms. The van der Waals surface area contributed by atoms with E-state index < -0.39 is 11.7 Å². The molecule has 4 rings (SSSR count). The number of hydrogen-bond donors (Lipinski definition) is 1. The molecule has 1 aromatic carbocycles. The van der Waals surface area contributed by atoms with Crippen LogP contribution in [0.3, 0.4) is 0 Å². The van der Waals surface area contributed by atoms with Crippen molar-refractivity contribution in [3.63, 3.8) is 0 Å². The third-order valence-corrected chi connectivity index (χ3v) is 5.07. The first-order valence-corrected chi connectivity index (χ1v) is 9.02. The van der Waals surface area contributed by atoms with Crippen molar-refractivity contribution >= 4 is 0 Å². The van der Waals surface area contributed by atoms with E-state index in [1.165, 1.54) is 18.5 Å². The van der Waals surface area contributed by atoms with E-state index in [1.54, 1.807) is 0 Å². The van der Waals surface area contributed by atoms with Crippen molar-refractivity contribution in [2.24, 2.45) is 0 Å². The predicted octanol–water partition coefficient (Wildman–Crippen LogP) is 3.81. The Hall–Kier alpha value is -2.75. The van der Waals surface area contributed by atoms with E-state index in [0.717, 1.165) is 43.9 Å². The maximum atomic E-state index is 12.9. The van der Waals surface area contributed by atoms with Gasteiger partial charge in [-0.1, -0.05) is 17.3 Å². The Morgan fingerprint density at radius 1 is 1.32 bits per heavy atom. The lowest BCUT2D eigenvalue weighted by Crippen LogP contribution is -2.36. The molecule has 0 bridgehead atoms. The number of nitrogens with one attached hydrogen (secondary N) is 1. The molecular weight excluding hydrogens is 373 g/mol. The molecule has 2 atom stereocenters. The lowest BCUT2D eigenvalue weighted by Gasteiger charge is -2.34. The minimum absolute atomic E-state index is 0.150. The van der Waals surface area contributed by atoms with E-state index in [0.29, 0.717) is 5.89 Å². The van der Waals surface area contributed by atoms with Crippen LogP contribution in [0.25, 0.3) is 11.4 Å². The molecule has 1 saturated heterocycles. The molecule has 1 fully saturated rings. The summed E-state index contributed by atoms with van der Waals surface area (Å²) < 4.78 is 44.2. The highest BCUT2D eigenvalue weighted by Gasteiger charge is 2.32. The Balaban J connectivity index is 1.51. The SMILES string of the molecule is C[C@@H](c1nc(-c2cccc(C(F)(F)F)c2)no1)N1CCC[C@H](c2ncn[nH]2)C1. The molecule has 1 aliphatic heterocycles. The number of nitrogens with zero attached hydrogens (tertiary/aromatic N) is 5. The Morgan fingerprint density at radius 2 is 2.18 bits per heavy atom. The van der Waals surface area contributed by atoms with Crippen LogP contribution in [0.2, 0.25) is 0 Å². The van der Waals surface area contributed by atoms with Crippen LogP contribution in [0.15, 0.2) is 35.1 Å². The standard InChI is InChI=1S/C18H19F3N6O/c1-11(27-7-3-5-13(9-27)15-22-10-23-25-15)17-24-16(26-28-17)12-4-2-6-14(8-12)18(19,20)21/h2,4,6,8,10-11,13H,3,5,7,9H2,1H3,(H,22,23,25)/t11-,13-/m0/s1. The molecule has 3 heterocycles. The van der Waals surface area contributed by atoms with Gasteiger partial charge in [0.25, 0.3) is 0 Å². The maximum Gasteiger partial charge on any atom is 0.416 e. The van der Waals surface area contributed by atoms with Gasteiger partial charge in [0.2, 0.25) is 11.7 Å². The molecule has 28 heavy (non-hydrogen) atoms. The third kappa shape index (κ3) is 3.77. The van der Waals surface area contributed by atoms with E-state index >= 15 is 0 Å². The number of benzene rings is 1. The molecule has 2 aromatic heterocycles. The van der Waals surface area contributed by atoms with Crippen molar-refractivity contribution in [3.05, 3.63) is 47.9 Å². The van der Waals surface area contributed by atoms with Crippen molar-refractivity contribution in [2.45, 2.75) is 37.9 Å². The first-order chi connectivity index (χ1) is 13.4. The van der Waals surface area contributed by atoms with Gasteiger partial charge in [0.1, 0.15) is 12.2 Å². The smallest absolute Gasteiger partial charge is 0.337 e. The highest BCUT2D eigenvalue weighted by atomic mass is 19.4. The van der Waals surface area contributed by atoms with Crippen LogP contribution in [0.1, 0.15) is 49.0 Å². The third-order valence-electron chi connectivity index (χ3n) is 5.07. The number of hydrogen-bond acceptors (Lipinski definition) is 6. The van der Waals surface area contributed by atoms with Gasteiger partial charge in [-0.25, -0.2) is 4.98 Å². The molecule has 0 saturated carbocycles. The second kappa shape index (κ2) is 7.34. The fourth-order valence-corrected chi connectivity index (χ4v) is 3.51. The van der Waals surface area contributed by atoms with Gasteiger partial charge in [0.15, 0.2) is 0 Å². The van der Waals surface area contributed by atoms with Crippen LogP contribution >= 0.6 is 0 Å². The van der Waals surface area contributed by atoms with E-state index in [2.05, 4.69) is 30.2 Å². The fraction of sp³-hybridized carbons (Fsp3) is 0.444. The molecular formula is C18H19F3N6O. The van der Waals surface area contributed by atoms with Gasteiger partial charge < -0.3 is 4.52 Å². The summed E-state index contributed by atoms with van der Waals surface area (Å²) in [6.07, 6.45) is -0.918. The lowest BCUT2D eigenvalue weighted by molar-refractivity contribution is -0.137. The fourth-order valence-electron chi connectivity index (χ4n) is 3.51. The lowest BCUT2D eigenvalue weighted by atomic mass is 9.96. The summed E-state index contributed by atoms with van der Waals surface area (Å²) in [5.41, 5.74) is -0.467. The zero-order valence-corrected chi connectivity index (χ0v) is 15.1. The van der Waals surface area contributed by atoms with Gasteiger partial charge in [0.05, 0.1) is 11.6 Å². The number of alkyl halides is 3. The zero-order valence-electron chi connectivity index (χ0n) is 15.1. The van der Waals surface area contributed by atoms with Crippen molar-refractivity contribution in [1.29, 1.82) is 0 Å². The highest BCUT2D eigenvalue weighted by molar-refractivity contribution is 5.55. The largest absolute Gasteiger partial charge is 0.416 e. The molecule has 3 aromatic rings. The number of likely N-dealkylation sites (tertiary alicyclic amines) is 1. The van der Waals surface area contributed by atoms with Crippen LogP contribution in [0, 0.1) is 0 Å². The Kier molecular flexibility index (Phi) is 4.88. The number of rotatable bonds is 4. The van der Waals surface area contributed by atoms with Crippen LogP contribution in [-0.4, -0.2) is 43.3 Å². The number of piperidine rings is 1. The molecule has 1 aliphatic rings. The summed E-state index contributed by atoms with van der Waals surface area (Å²) in [4.78, 5) is 10.8. The number of halogens is 3. The number of aromatic nitrogens is 5. The normalized spacial score (nSPS) is 19.6. The molecule has 0 aliphatic carbocycles. The van der Waals surface area contributed by atoms with Crippen molar-refractivity contribution in [2.75, 3.05) is 13.1 Å². The second-order valence-corrected chi connectivity index (χ2v) is 6.92. The molecule has 7 nitrogen and oxygen atoms in total. The van der Waals surface area contributed by atoms with E-state index in [1.807, 2.05) is 6.92 Å². The summed E-state index contributed by atoms with van der Waals surface area (Å²) in [7, 11) is 0. The minimum atomic E-state index is -4.42. The minimum Gasteiger partial charge on any atom is -0.337 e. The molecule has 0 amide bonds. The highest BCUT2D eigenvalue weighted by Crippen LogP contribution is 2.33. The summed E-state index contributed by atoms with van der Waals surface area (Å²) in [5.74, 6) is 1.62. The topological polar surface area (TPSA) is 83.7 Å². The molecule has 0 spiro atoms. The molecule has 148 valence electrons. The molecule has 0 unspecified atom stereocenters. The van der Waals surface area contributed by atoms with Crippen LogP contribution < -0.4 is 0 Å². The monoisotopic (exact) mass is 392 g/mol. The van der Waals surface area contributed by atoms with Crippen LogP contribution in [-0.2, 0) is 6.18 Å². The van der Waals surface area contributed by atoms with E-state index in [-0.39, 0.29) is 23.3 Å². The zero-order chi connectivity index (χ0) is 19.7. The Bertz CT molecular complexity index is 924. The van der Waals surface area contributed by atoms with Gasteiger partial charge >= 0.3 is 6.18 Å². The predicted molar refractivity (Wildman–Crippen MR) is 93.1 cm³/mol. The van der Waals surface area contributed by atoms with Gasteiger partial charge in [-0.15, -0.1) is 0 Å². The van der Waals surface area contributed by atoms with Gasteiger partial charge in [-0.05, 0) is 38.4 Å². The van der Waals surface area contributed by atoms with E-state index in [9.17, 15) is 13.2 Å². The van der Waals surface area contributed by atoms with Crippen molar-refractivity contribution < 1.29 is 17.7 Å². The number of H-pyrrole nitrogens is 1. The van der Waals surface area contributed by atoms with Crippen LogP contribution in [0.5, 0.6) is 0 Å². The summed E-state index contributed by atoms with van der Waals surface area (Å²) >= 11 is 0. The summed E-state index contributed by atoms with van der Waals surface area (Å²) in [5, 5.41) is 10.7. The Morgan fingerprint density at radius 3 is 2.93 bits per heavy atom. The summed E-state index contributed by atoms with van der Waals surface area (Å²) in [6, 6.07) is 4.77. The maximum absolute atomic E-state index is 12.9.